The molecule has 0 amide bonds. The average Bonchev–Trinajstić information content (AvgIpc) is 2.70. The molecule has 2 aromatic rings. The molecule has 162 valence electrons. The maximum Gasteiger partial charge on any atom is 0.459 e. The fraction of sp³-hybridized carbons (Fsp3) is 0.364. The topological polar surface area (TPSA) is 9.23 Å². The molecule has 1 aliphatic carbocycles. The quantitative estimate of drug-likeness (QED) is 0.435. The summed E-state index contributed by atoms with van der Waals surface area (Å²) in [5, 5.41) is 0. The van der Waals surface area contributed by atoms with Crippen LogP contribution in [0.5, 0.6) is 5.75 Å². The van der Waals surface area contributed by atoms with Gasteiger partial charge < -0.3 is 4.74 Å². The third kappa shape index (κ3) is 4.79. The van der Waals surface area contributed by atoms with Gasteiger partial charge in [-0.2, -0.15) is 22.0 Å². The molecule has 0 spiro atoms. The number of hydrogen-bond donors (Lipinski definition) is 0. The molecule has 1 nitrogen and oxygen atoms in total. The summed E-state index contributed by atoms with van der Waals surface area (Å²) < 4.78 is 95.5. The van der Waals surface area contributed by atoms with E-state index in [0.717, 1.165) is 43.4 Å². The summed E-state index contributed by atoms with van der Waals surface area (Å²) >= 11 is 0. The summed E-state index contributed by atoms with van der Waals surface area (Å²) in [4.78, 5) is 0. The van der Waals surface area contributed by atoms with Crippen LogP contribution in [0.1, 0.15) is 44.1 Å². The van der Waals surface area contributed by atoms with Gasteiger partial charge in [-0.25, -0.2) is 8.78 Å². The van der Waals surface area contributed by atoms with Crippen molar-refractivity contribution in [2.24, 2.45) is 5.92 Å². The summed E-state index contributed by atoms with van der Waals surface area (Å²) in [6, 6.07) is 8.48. The van der Waals surface area contributed by atoms with Gasteiger partial charge in [0.25, 0.3) is 5.83 Å². The van der Waals surface area contributed by atoms with E-state index in [0.29, 0.717) is 17.4 Å². The summed E-state index contributed by atoms with van der Waals surface area (Å²) in [7, 11) is 0. The molecular formula is C22H19F7O. The predicted octanol–water partition coefficient (Wildman–Crippen LogP) is 7.97. The fourth-order valence-corrected chi connectivity index (χ4v) is 3.65. The molecule has 1 saturated carbocycles. The van der Waals surface area contributed by atoms with Gasteiger partial charge in [-0.15, -0.1) is 0 Å². The van der Waals surface area contributed by atoms with Crippen molar-refractivity contribution in [3.8, 4) is 16.9 Å². The Labute approximate surface area is 169 Å². The van der Waals surface area contributed by atoms with Gasteiger partial charge in [-0.1, -0.05) is 44.0 Å². The molecule has 0 unspecified atom stereocenters. The van der Waals surface area contributed by atoms with E-state index in [2.05, 4.69) is 11.7 Å². The van der Waals surface area contributed by atoms with Crippen LogP contribution in [0.4, 0.5) is 30.7 Å². The molecule has 0 saturated heterocycles. The normalized spacial score (nSPS) is 19.5. The maximum absolute atomic E-state index is 14.2. The lowest BCUT2D eigenvalue weighted by molar-refractivity contribution is -0.162. The Morgan fingerprint density at radius 1 is 0.867 bits per heavy atom. The molecule has 0 atom stereocenters. The second-order valence-corrected chi connectivity index (χ2v) is 7.54. The largest absolute Gasteiger partial charge is 0.459 e. The first-order valence-corrected chi connectivity index (χ1v) is 9.46. The van der Waals surface area contributed by atoms with Gasteiger partial charge in [0, 0.05) is 0 Å². The molecule has 0 bridgehead atoms. The molecule has 8 heteroatoms. The van der Waals surface area contributed by atoms with Crippen LogP contribution < -0.4 is 4.74 Å². The Hall–Kier alpha value is -2.51. The van der Waals surface area contributed by atoms with E-state index >= 15 is 0 Å². The van der Waals surface area contributed by atoms with Crippen LogP contribution >= 0.6 is 0 Å². The number of hydrogen-bond acceptors (Lipinski definition) is 1. The van der Waals surface area contributed by atoms with Gasteiger partial charge in [0.1, 0.15) is 0 Å². The van der Waals surface area contributed by atoms with E-state index in [4.69, 9.17) is 0 Å². The molecule has 0 aliphatic heterocycles. The maximum atomic E-state index is 14.2. The van der Waals surface area contributed by atoms with Gasteiger partial charge in [0.2, 0.25) is 0 Å². The zero-order valence-electron chi connectivity index (χ0n) is 16.0. The smallest absolute Gasteiger partial charge is 0.421 e. The van der Waals surface area contributed by atoms with E-state index in [1.54, 1.807) is 12.1 Å². The number of benzene rings is 2. The first-order chi connectivity index (χ1) is 14.1. The second-order valence-electron chi connectivity index (χ2n) is 7.54. The third-order valence-electron chi connectivity index (χ3n) is 5.38. The number of halogens is 7. The van der Waals surface area contributed by atoms with Crippen molar-refractivity contribution < 1.29 is 35.5 Å². The molecular weight excluding hydrogens is 413 g/mol. The summed E-state index contributed by atoms with van der Waals surface area (Å²) in [5.41, 5.74) is 1.58. The number of ether oxygens (including phenoxy) is 1. The standard InChI is InChI=1S/C22H19F7O/c1-12-2-4-13(5-3-12)14-6-8-15(9-7-14)16-10-17(23)19(18(24)11-16)30-22(28,29)20(25)21(26)27/h6-13H,2-5H2,1H3. The monoisotopic (exact) mass is 432 g/mol. The van der Waals surface area contributed by atoms with Crippen LogP contribution in [-0.2, 0) is 0 Å². The van der Waals surface area contributed by atoms with Crippen molar-refractivity contribution in [2.75, 3.05) is 0 Å². The second kappa shape index (κ2) is 8.70. The van der Waals surface area contributed by atoms with Crippen molar-refractivity contribution in [3.63, 3.8) is 0 Å². The van der Waals surface area contributed by atoms with Crippen LogP contribution in [-0.4, -0.2) is 6.11 Å². The molecule has 30 heavy (non-hydrogen) atoms. The SMILES string of the molecule is CC1CCC(c2ccc(-c3cc(F)c(OC(F)(F)C(F)=C(F)F)c(F)c3)cc2)CC1. The Morgan fingerprint density at radius 2 is 1.40 bits per heavy atom. The minimum absolute atomic E-state index is 0.0390. The van der Waals surface area contributed by atoms with Gasteiger partial charge in [-0.3, -0.25) is 0 Å². The Kier molecular flexibility index (Phi) is 6.43. The summed E-state index contributed by atoms with van der Waals surface area (Å²) in [5.74, 6) is -6.87. The van der Waals surface area contributed by atoms with Crippen molar-refractivity contribution in [2.45, 2.75) is 44.6 Å². The Bertz CT molecular complexity index is 902. The molecule has 0 heterocycles. The first-order valence-electron chi connectivity index (χ1n) is 9.46. The van der Waals surface area contributed by atoms with Crippen LogP contribution in [0.15, 0.2) is 48.3 Å². The van der Waals surface area contributed by atoms with Crippen LogP contribution in [0.3, 0.4) is 0 Å². The fourth-order valence-electron chi connectivity index (χ4n) is 3.65. The van der Waals surface area contributed by atoms with Crippen molar-refractivity contribution >= 4 is 0 Å². The van der Waals surface area contributed by atoms with E-state index in [9.17, 15) is 30.7 Å². The zero-order chi connectivity index (χ0) is 22.1. The summed E-state index contributed by atoms with van der Waals surface area (Å²) in [6.45, 7) is 2.21. The van der Waals surface area contributed by atoms with Crippen LogP contribution in [0, 0.1) is 17.6 Å². The Balaban J connectivity index is 1.82. The highest BCUT2D eigenvalue weighted by molar-refractivity contribution is 5.65. The van der Waals surface area contributed by atoms with Gasteiger partial charge >= 0.3 is 12.2 Å². The van der Waals surface area contributed by atoms with Crippen molar-refractivity contribution in [1.82, 2.24) is 0 Å². The van der Waals surface area contributed by atoms with Crippen LogP contribution in [0.2, 0.25) is 0 Å². The predicted molar refractivity (Wildman–Crippen MR) is 98.1 cm³/mol. The van der Waals surface area contributed by atoms with E-state index in [1.807, 2.05) is 12.1 Å². The molecule has 0 N–H and O–H groups in total. The van der Waals surface area contributed by atoms with Gasteiger partial charge in [-0.05, 0) is 53.5 Å². The molecule has 1 aliphatic rings. The van der Waals surface area contributed by atoms with E-state index < -0.39 is 35.4 Å². The minimum atomic E-state index is -5.21. The lowest BCUT2D eigenvalue weighted by Gasteiger charge is -2.26. The van der Waals surface area contributed by atoms with E-state index in [-0.39, 0.29) is 5.56 Å². The average molecular weight is 432 g/mol. The highest BCUT2D eigenvalue weighted by Gasteiger charge is 2.43. The molecule has 0 aromatic heterocycles. The highest BCUT2D eigenvalue weighted by atomic mass is 19.3. The van der Waals surface area contributed by atoms with Crippen molar-refractivity contribution in [1.29, 1.82) is 0 Å². The third-order valence-corrected chi connectivity index (χ3v) is 5.38. The molecule has 1 fully saturated rings. The summed E-state index contributed by atoms with van der Waals surface area (Å²) in [6.07, 6.45) is -4.15. The molecule has 0 radical (unpaired) electrons. The lowest BCUT2D eigenvalue weighted by atomic mass is 9.79. The number of alkyl halides is 2. The zero-order valence-corrected chi connectivity index (χ0v) is 16.0. The van der Waals surface area contributed by atoms with Crippen molar-refractivity contribution in [3.05, 3.63) is 65.5 Å². The molecule has 3 rings (SSSR count). The minimum Gasteiger partial charge on any atom is -0.421 e. The first kappa shape index (κ1) is 22.2. The van der Waals surface area contributed by atoms with Gasteiger partial charge in [0.05, 0.1) is 0 Å². The number of rotatable bonds is 5. The Morgan fingerprint density at radius 3 is 1.90 bits per heavy atom. The van der Waals surface area contributed by atoms with Crippen LogP contribution in [0.25, 0.3) is 11.1 Å². The highest BCUT2D eigenvalue weighted by Crippen LogP contribution is 2.38. The molecule has 2 aromatic carbocycles. The van der Waals surface area contributed by atoms with E-state index in [1.165, 1.54) is 0 Å². The lowest BCUT2D eigenvalue weighted by Crippen LogP contribution is -2.27. The van der Waals surface area contributed by atoms with Gasteiger partial charge in [0.15, 0.2) is 17.4 Å².